The second-order valence-electron chi connectivity index (χ2n) is 14.8. The molecule has 14 heteroatoms. The molecule has 1 amide bonds. The Hall–Kier alpha value is -0.710. The summed E-state index contributed by atoms with van der Waals surface area (Å²) in [6.07, 6.45) is 1.15. The molecule has 3 aliphatic heterocycles. The van der Waals surface area contributed by atoms with Gasteiger partial charge in [-0.3, -0.25) is 20.3 Å². The van der Waals surface area contributed by atoms with Crippen LogP contribution in [0.1, 0.15) is 57.8 Å². The molecule has 5 rings (SSSR count). The first-order chi connectivity index (χ1) is 22.1. The highest BCUT2D eigenvalue weighted by Gasteiger charge is 2.46. The lowest BCUT2D eigenvalue weighted by atomic mass is 9.57. The number of alkyl halides is 2. The van der Waals surface area contributed by atoms with Crippen molar-refractivity contribution < 1.29 is 39.5 Å². The van der Waals surface area contributed by atoms with Crippen LogP contribution >= 0.6 is 11.6 Å². The van der Waals surface area contributed by atoms with E-state index in [4.69, 9.17) is 21.4 Å². The SMILES string of the molecule is O=C(CC1CCC(OCCC2CC3(CCN(C4NCC(Cl)CN4)CC3)C2)CC1F)N1CC(CNC[C@H](O)[C@@H](O)[C@H](O)[C@H](O)CO)C1. The number of ether oxygens (including phenoxy) is 1. The maximum absolute atomic E-state index is 15.1. The minimum atomic E-state index is -1.66. The highest BCUT2D eigenvalue weighted by Crippen LogP contribution is 2.53. The van der Waals surface area contributed by atoms with E-state index in [9.17, 15) is 25.2 Å². The lowest BCUT2D eigenvalue weighted by molar-refractivity contribution is -0.140. The molecule has 5 fully saturated rings. The number of amides is 1. The summed E-state index contributed by atoms with van der Waals surface area (Å²) in [4.78, 5) is 17.0. The number of hydrogen-bond acceptors (Lipinski definition) is 11. The van der Waals surface area contributed by atoms with E-state index < -0.39 is 37.2 Å². The third-order valence-corrected chi connectivity index (χ3v) is 11.6. The third kappa shape index (κ3) is 9.50. The Kier molecular flexibility index (Phi) is 13.4. The molecule has 0 aromatic heterocycles. The van der Waals surface area contributed by atoms with Gasteiger partial charge in [-0.2, -0.15) is 0 Å². The fourth-order valence-electron chi connectivity index (χ4n) is 8.22. The fraction of sp³-hybridized carbons (Fsp3) is 0.969. The zero-order valence-corrected chi connectivity index (χ0v) is 27.7. The Morgan fingerprint density at radius 1 is 1.02 bits per heavy atom. The van der Waals surface area contributed by atoms with Crippen molar-refractivity contribution in [1.29, 1.82) is 0 Å². The van der Waals surface area contributed by atoms with Crippen LogP contribution in [0.3, 0.4) is 0 Å². The largest absolute Gasteiger partial charge is 0.394 e. The fourth-order valence-corrected chi connectivity index (χ4v) is 8.39. The van der Waals surface area contributed by atoms with Crippen LogP contribution in [-0.2, 0) is 9.53 Å². The molecule has 3 heterocycles. The molecule has 266 valence electrons. The van der Waals surface area contributed by atoms with Gasteiger partial charge < -0.3 is 40.5 Å². The number of carbonyl (C=O) groups is 1. The van der Waals surface area contributed by atoms with Gasteiger partial charge in [0.05, 0.1) is 24.2 Å². The van der Waals surface area contributed by atoms with E-state index in [2.05, 4.69) is 20.9 Å². The number of carbonyl (C=O) groups excluding carboxylic acids is 1. The Labute approximate surface area is 277 Å². The van der Waals surface area contributed by atoms with E-state index in [1.165, 1.54) is 25.7 Å². The van der Waals surface area contributed by atoms with Gasteiger partial charge in [0.2, 0.25) is 5.91 Å². The molecule has 2 aliphatic carbocycles. The van der Waals surface area contributed by atoms with Gasteiger partial charge in [0.15, 0.2) is 0 Å². The van der Waals surface area contributed by atoms with Gasteiger partial charge in [0.1, 0.15) is 30.8 Å². The maximum Gasteiger partial charge on any atom is 0.222 e. The molecule has 0 radical (unpaired) electrons. The van der Waals surface area contributed by atoms with Crippen LogP contribution in [0.4, 0.5) is 4.39 Å². The van der Waals surface area contributed by atoms with Crippen molar-refractivity contribution >= 4 is 17.5 Å². The van der Waals surface area contributed by atoms with Crippen LogP contribution in [0.5, 0.6) is 0 Å². The molecule has 46 heavy (non-hydrogen) atoms. The van der Waals surface area contributed by atoms with Crippen molar-refractivity contribution in [3.8, 4) is 0 Å². The van der Waals surface area contributed by atoms with Crippen molar-refractivity contribution in [3.05, 3.63) is 0 Å². The van der Waals surface area contributed by atoms with Gasteiger partial charge >= 0.3 is 0 Å². The molecule has 7 atom stereocenters. The molecule has 2 saturated carbocycles. The molecule has 1 spiro atoms. The zero-order chi connectivity index (χ0) is 32.8. The summed E-state index contributed by atoms with van der Waals surface area (Å²) in [5.74, 6) is 0.589. The van der Waals surface area contributed by atoms with E-state index >= 15 is 4.39 Å². The number of nitrogens with zero attached hydrogens (tertiary/aromatic N) is 2. The molecular formula is C32H57ClFN5O7. The van der Waals surface area contributed by atoms with E-state index in [0.29, 0.717) is 50.4 Å². The Bertz CT molecular complexity index is 946. The van der Waals surface area contributed by atoms with Crippen molar-refractivity contribution in [2.45, 2.75) is 106 Å². The van der Waals surface area contributed by atoms with Gasteiger partial charge in [-0.25, -0.2) is 4.39 Å². The highest BCUT2D eigenvalue weighted by molar-refractivity contribution is 6.21. The summed E-state index contributed by atoms with van der Waals surface area (Å²) in [5, 5.41) is 58.0. The Balaban J connectivity index is 0.884. The number of rotatable bonds is 15. The van der Waals surface area contributed by atoms with Crippen molar-refractivity contribution in [1.82, 2.24) is 25.8 Å². The highest BCUT2D eigenvalue weighted by atomic mass is 35.5. The Morgan fingerprint density at radius 3 is 2.35 bits per heavy atom. The predicted molar refractivity (Wildman–Crippen MR) is 171 cm³/mol. The first-order valence-corrected chi connectivity index (χ1v) is 17.9. The molecular weight excluding hydrogens is 621 g/mol. The topological polar surface area (TPSA) is 170 Å². The van der Waals surface area contributed by atoms with Crippen LogP contribution < -0.4 is 16.0 Å². The summed E-state index contributed by atoms with van der Waals surface area (Å²) in [6.45, 7) is 5.49. The van der Waals surface area contributed by atoms with E-state index in [1.54, 1.807) is 4.90 Å². The number of nitrogens with one attached hydrogen (secondary N) is 3. The number of aliphatic hydroxyl groups is 5. The number of aliphatic hydroxyl groups excluding tert-OH is 5. The van der Waals surface area contributed by atoms with Crippen molar-refractivity contribution in [2.75, 3.05) is 65.6 Å². The average molecular weight is 678 g/mol. The smallest absolute Gasteiger partial charge is 0.222 e. The summed E-state index contributed by atoms with van der Waals surface area (Å²) >= 11 is 6.18. The normalized spacial score (nSPS) is 33.6. The van der Waals surface area contributed by atoms with Crippen molar-refractivity contribution in [2.24, 2.45) is 23.2 Å². The number of hydrogen-bond donors (Lipinski definition) is 8. The first-order valence-electron chi connectivity index (χ1n) is 17.5. The van der Waals surface area contributed by atoms with Crippen LogP contribution in [-0.4, -0.2) is 155 Å². The predicted octanol–water partition coefficient (Wildman–Crippen LogP) is -0.650. The minimum absolute atomic E-state index is 0.0110. The van der Waals surface area contributed by atoms with E-state index in [-0.39, 0.29) is 48.5 Å². The van der Waals surface area contributed by atoms with Crippen LogP contribution in [0, 0.1) is 23.2 Å². The summed E-state index contributed by atoms with van der Waals surface area (Å²) < 4.78 is 21.2. The quantitative estimate of drug-likeness (QED) is 0.104. The second kappa shape index (κ2) is 16.8. The molecule has 3 unspecified atom stereocenters. The summed E-state index contributed by atoms with van der Waals surface area (Å²) in [6, 6.07) is 0. The molecule has 12 nitrogen and oxygen atoms in total. The molecule has 3 saturated heterocycles. The molecule has 0 aromatic carbocycles. The van der Waals surface area contributed by atoms with E-state index in [1.807, 2.05) is 0 Å². The Morgan fingerprint density at radius 2 is 1.70 bits per heavy atom. The number of likely N-dealkylation sites (tertiary alicyclic amines) is 2. The molecule has 0 bridgehead atoms. The zero-order valence-electron chi connectivity index (χ0n) is 27.0. The first kappa shape index (κ1) is 36.6. The molecule has 5 aliphatic rings. The van der Waals surface area contributed by atoms with Gasteiger partial charge in [-0.05, 0) is 62.2 Å². The van der Waals surface area contributed by atoms with Crippen LogP contribution in [0.2, 0.25) is 0 Å². The van der Waals surface area contributed by atoms with Gasteiger partial charge in [-0.1, -0.05) is 0 Å². The lowest BCUT2D eigenvalue weighted by Crippen LogP contribution is -2.64. The van der Waals surface area contributed by atoms with Crippen molar-refractivity contribution in [3.63, 3.8) is 0 Å². The third-order valence-electron chi connectivity index (χ3n) is 11.3. The second-order valence-corrected chi connectivity index (χ2v) is 15.4. The standard InChI is InChI=1S/C32H57ClFN5O7/c33-23-14-36-31(37-15-23)38-6-4-32(5-7-38)11-20(12-32)3-8-46-24-2-1-22(25(34)10-24)9-28(43)39-17-21(18-39)13-35-16-26(41)29(44)30(45)27(42)19-40/h20-27,29-31,35-37,40-42,44-45H,1-19H2/t22?,23?,24?,25?,26-,27+,29+,30+,31?/m0/s1. The lowest BCUT2D eigenvalue weighted by Gasteiger charge is -2.54. The summed E-state index contributed by atoms with van der Waals surface area (Å²) in [7, 11) is 0. The maximum atomic E-state index is 15.1. The molecule has 8 N–H and O–H groups in total. The average Bonchev–Trinajstić information content (AvgIpc) is 3.01. The molecule has 0 aromatic rings. The minimum Gasteiger partial charge on any atom is -0.394 e. The van der Waals surface area contributed by atoms with Gasteiger partial charge in [0, 0.05) is 77.7 Å². The van der Waals surface area contributed by atoms with Gasteiger partial charge in [-0.15, -0.1) is 11.6 Å². The summed E-state index contributed by atoms with van der Waals surface area (Å²) in [5.41, 5.74) is 0.495. The number of halogens is 2. The van der Waals surface area contributed by atoms with E-state index in [0.717, 1.165) is 39.0 Å². The van der Waals surface area contributed by atoms with Crippen LogP contribution in [0.25, 0.3) is 0 Å². The monoisotopic (exact) mass is 677 g/mol. The van der Waals surface area contributed by atoms with Gasteiger partial charge in [0.25, 0.3) is 0 Å². The number of piperidine rings is 1. The van der Waals surface area contributed by atoms with Crippen LogP contribution in [0.15, 0.2) is 0 Å².